The van der Waals surface area contributed by atoms with Crippen LogP contribution in [0.2, 0.25) is 0 Å². The SMILES string of the molecule is CC(C)(C)N=C1Nc2ccccc2C(c2nnnn2C(C)(C)C)O1. The van der Waals surface area contributed by atoms with Crippen molar-refractivity contribution in [2.45, 2.75) is 58.7 Å². The van der Waals surface area contributed by atoms with Gasteiger partial charge in [0.2, 0.25) is 0 Å². The number of aromatic nitrogens is 4. The van der Waals surface area contributed by atoms with Crippen molar-refractivity contribution in [2.24, 2.45) is 4.99 Å². The van der Waals surface area contributed by atoms with Gasteiger partial charge in [-0.3, -0.25) is 0 Å². The lowest BCUT2D eigenvalue weighted by Crippen LogP contribution is -2.33. The second-order valence-electron chi connectivity index (χ2n) is 7.92. The number of benzene rings is 1. The van der Waals surface area contributed by atoms with E-state index in [0.29, 0.717) is 11.8 Å². The van der Waals surface area contributed by atoms with Crippen LogP contribution in [0.4, 0.5) is 5.69 Å². The lowest BCUT2D eigenvalue weighted by atomic mass is 10.0. The summed E-state index contributed by atoms with van der Waals surface area (Å²) in [6.45, 7) is 12.3. The monoisotopic (exact) mass is 328 g/mol. The number of hydrogen-bond acceptors (Lipinski definition) is 5. The molecule has 1 aliphatic heterocycles. The first-order valence-corrected chi connectivity index (χ1v) is 8.06. The summed E-state index contributed by atoms with van der Waals surface area (Å²) in [4.78, 5) is 4.62. The van der Waals surface area contributed by atoms with Crippen molar-refractivity contribution in [1.29, 1.82) is 0 Å². The van der Waals surface area contributed by atoms with Gasteiger partial charge in [0, 0.05) is 11.3 Å². The van der Waals surface area contributed by atoms with Gasteiger partial charge in [-0.1, -0.05) is 18.2 Å². The van der Waals surface area contributed by atoms with E-state index in [0.717, 1.165) is 11.3 Å². The predicted octanol–water partition coefficient (Wildman–Crippen LogP) is 3.11. The van der Waals surface area contributed by atoms with Crippen LogP contribution in [0.3, 0.4) is 0 Å². The van der Waals surface area contributed by atoms with Crippen LogP contribution in [0.25, 0.3) is 0 Å². The Labute approximate surface area is 142 Å². The van der Waals surface area contributed by atoms with Crippen molar-refractivity contribution < 1.29 is 4.74 Å². The zero-order valence-corrected chi connectivity index (χ0v) is 15.0. The third-order valence-electron chi connectivity index (χ3n) is 3.51. The van der Waals surface area contributed by atoms with Crippen LogP contribution >= 0.6 is 0 Å². The molecule has 0 amide bonds. The average molecular weight is 328 g/mol. The highest BCUT2D eigenvalue weighted by Gasteiger charge is 2.34. The zero-order chi connectivity index (χ0) is 17.5. The maximum Gasteiger partial charge on any atom is 0.290 e. The first-order chi connectivity index (χ1) is 11.1. The van der Waals surface area contributed by atoms with Gasteiger partial charge >= 0.3 is 0 Å². The van der Waals surface area contributed by atoms with Gasteiger partial charge in [-0.2, -0.15) is 0 Å². The molecular weight excluding hydrogens is 304 g/mol. The van der Waals surface area contributed by atoms with Crippen LogP contribution in [0.15, 0.2) is 29.3 Å². The lowest BCUT2D eigenvalue weighted by Gasteiger charge is -2.31. The number of amidine groups is 1. The van der Waals surface area contributed by atoms with Crippen LogP contribution in [-0.4, -0.2) is 31.8 Å². The van der Waals surface area contributed by atoms with E-state index in [2.05, 4.69) is 46.6 Å². The normalized spacial score (nSPS) is 19.6. The number of anilines is 1. The first kappa shape index (κ1) is 16.4. The molecule has 2 aromatic rings. The van der Waals surface area contributed by atoms with Crippen molar-refractivity contribution in [3.63, 3.8) is 0 Å². The molecule has 128 valence electrons. The summed E-state index contributed by atoms with van der Waals surface area (Å²) < 4.78 is 7.94. The highest BCUT2D eigenvalue weighted by atomic mass is 16.5. The Balaban J connectivity index is 2.10. The average Bonchev–Trinajstić information content (AvgIpc) is 2.94. The van der Waals surface area contributed by atoms with E-state index in [9.17, 15) is 0 Å². The Kier molecular flexibility index (Phi) is 3.81. The number of nitrogens with zero attached hydrogens (tertiary/aromatic N) is 5. The molecule has 1 atom stereocenters. The largest absolute Gasteiger partial charge is 0.448 e. The molecule has 1 unspecified atom stereocenters. The predicted molar refractivity (Wildman–Crippen MR) is 93.0 cm³/mol. The van der Waals surface area contributed by atoms with Gasteiger partial charge < -0.3 is 10.1 Å². The van der Waals surface area contributed by atoms with Gasteiger partial charge in [0.25, 0.3) is 6.02 Å². The second-order valence-corrected chi connectivity index (χ2v) is 7.92. The minimum absolute atomic E-state index is 0.247. The van der Waals surface area contributed by atoms with Gasteiger partial charge in [-0.25, -0.2) is 9.67 Å². The molecule has 0 fully saturated rings. The number of fused-ring (bicyclic) bond motifs is 1. The van der Waals surface area contributed by atoms with E-state index < -0.39 is 6.10 Å². The second kappa shape index (κ2) is 5.58. The Morgan fingerprint density at radius 2 is 1.83 bits per heavy atom. The molecule has 1 N–H and O–H groups in total. The molecule has 7 heteroatoms. The topological polar surface area (TPSA) is 77.2 Å². The summed E-state index contributed by atoms with van der Waals surface area (Å²) in [5.41, 5.74) is 1.45. The first-order valence-electron chi connectivity index (χ1n) is 8.06. The fourth-order valence-electron chi connectivity index (χ4n) is 2.55. The number of nitrogens with one attached hydrogen (secondary N) is 1. The minimum atomic E-state index is -0.405. The van der Waals surface area contributed by atoms with Crippen LogP contribution < -0.4 is 5.32 Å². The molecule has 0 radical (unpaired) electrons. The van der Waals surface area contributed by atoms with Gasteiger partial charge in [0.05, 0.1) is 11.1 Å². The highest BCUT2D eigenvalue weighted by Crippen LogP contribution is 2.35. The summed E-state index contributed by atoms with van der Waals surface area (Å²) in [6.07, 6.45) is -0.405. The summed E-state index contributed by atoms with van der Waals surface area (Å²) in [5.74, 6) is 0.665. The maximum absolute atomic E-state index is 6.14. The summed E-state index contributed by atoms with van der Waals surface area (Å²) in [5, 5.41) is 15.5. The fraction of sp³-hybridized carbons (Fsp3) is 0.529. The number of hydrogen-bond donors (Lipinski definition) is 1. The number of aliphatic imine (C=N–C) groups is 1. The van der Waals surface area contributed by atoms with Crippen molar-refractivity contribution in [2.75, 3.05) is 5.32 Å². The molecule has 0 spiro atoms. The van der Waals surface area contributed by atoms with Crippen molar-refractivity contribution >= 4 is 11.7 Å². The Morgan fingerprint density at radius 3 is 2.50 bits per heavy atom. The molecule has 7 nitrogen and oxygen atoms in total. The van der Waals surface area contributed by atoms with Crippen LogP contribution in [0, 0.1) is 0 Å². The molecule has 2 heterocycles. The number of rotatable bonds is 1. The van der Waals surface area contributed by atoms with E-state index in [4.69, 9.17) is 4.74 Å². The zero-order valence-electron chi connectivity index (χ0n) is 15.0. The Bertz CT molecular complexity index is 766. The van der Waals surface area contributed by atoms with E-state index in [1.165, 1.54) is 0 Å². The third-order valence-corrected chi connectivity index (χ3v) is 3.51. The van der Waals surface area contributed by atoms with E-state index >= 15 is 0 Å². The smallest absolute Gasteiger partial charge is 0.290 e. The molecule has 3 rings (SSSR count). The van der Waals surface area contributed by atoms with Gasteiger partial charge in [-0.05, 0) is 58.0 Å². The van der Waals surface area contributed by atoms with Crippen LogP contribution in [-0.2, 0) is 10.3 Å². The van der Waals surface area contributed by atoms with Crippen LogP contribution in [0.5, 0.6) is 0 Å². The molecule has 0 aliphatic carbocycles. The van der Waals surface area contributed by atoms with Crippen molar-refractivity contribution in [3.05, 3.63) is 35.7 Å². The molecule has 0 saturated heterocycles. The molecule has 1 aromatic heterocycles. The number of para-hydroxylation sites is 1. The summed E-state index contributed by atoms with van der Waals surface area (Å²) >= 11 is 0. The van der Waals surface area contributed by atoms with E-state index in [1.54, 1.807) is 4.68 Å². The van der Waals surface area contributed by atoms with Crippen molar-refractivity contribution in [3.8, 4) is 0 Å². The minimum Gasteiger partial charge on any atom is -0.448 e. The van der Waals surface area contributed by atoms with E-state index in [-0.39, 0.29) is 11.1 Å². The van der Waals surface area contributed by atoms with Gasteiger partial charge in [0.15, 0.2) is 11.9 Å². The number of tetrazole rings is 1. The Hall–Kier alpha value is -2.44. The lowest BCUT2D eigenvalue weighted by molar-refractivity contribution is 0.193. The molecular formula is C17H24N6O. The fourth-order valence-corrected chi connectivity index (χ4v) is 2.55. The quantitative estimate of drug-likeness (QED) is 0.870. The molecule has 24 heavy (non-hydrogen) atoms. The molecule has 0 saturated carbocycles. The summed E-state index contributed by atoms with van der Waals surface area (Å²) in [6, 6.07) is 8.47. The van der Waals surface area contributed by atoms with Gasteiger partial charge in [0.1, 0.15) is 0 Å². The highest BCUT2D eigenvalue weighted by molar-refractivity contribution is 5.92. The third kappa shape index (κ3) is 3.25. The maximum atomic E-state index is 6.14. The summed E-state index contributed by atoms with van der Waals surface area (Å²) in [7, 11) is 0. The van der Waals surface area contributed by atoms with Gasteiger partial charge in [-0.15, -0.1) is 5.10 Å². The number of ether oxygens (including phenoxy) is 1. The van der Waals surface area contributed by atoms with Crippen LogP contribution in [0.1, 0.15) is 59.0 Å². The Morgan fingerprint density at radius 1 is 1.12 bits per heavy atom. The van der Waals surface area contributed by atoms with E-state index in [1.807, 2.05) is 45.0 Å². The molecule has 0 bridgehead atoms. The molecule has 1 aromatic carbocycles. The standard InChI is InChI=1S/C17H24N6O/c1-16(2,3)19-15-18-12-10-8-7-9-11(12)13(24-15)14-20-21-22-23(14)17(4,5)6/h7-10,13H,1-6H3,(H,18,19). The van der Waals surface area contributed by atoms with Crippen molar-refractivity contribution in [1.82, 2.24) is 20.2 Å². The molecule has 1 aliphatic rings.